The van der Waals surface area contributed by atoms with Gasteiger partial charge in [-0.25, -0.2) is 0 Å². The zero-order valence-corrected chi connectivity index (χ0v) is 12.9. The van der Waals surface area contributed by atoms with Crippen molar-refractivity contribution in [2.45, 2.75) is 46.2 Å². The molecule has 2 rings (SSSR count). The van der Waals surface area contributed by atoms with Crippen LogP contribution in [0.2, 0.25) is 0 Å². The summed E-state index contributed by atoms with van der Waals surface area (Å²) in [6, 6.07) is 2.95. The number of piperidine rings is 1. The molecule has 1 aromatic rings. The Morgan fingerprint density at radius 3 is 2.89 bits per heavy atom. The molecule has 0 aliphatic carbocycles. The summed E-state index contributed by atoms with van der Waals surface area (Å²) in [7, 11) is 2.24. The smallest absolute Gasteiger partial charge is 0.0302 e. The monoisotopic (exact) mass is 266 g/mol. The lowest BCUT2D eigenvalue weighted by Gasteiger charge is -2.33. The number of thiophene rings is 1. The molecular formula is C15H26N2S. The highest BCUT2D eigenvalue weighted by Gasteiger charge is 2.22. The Hall–Kier alpha value is -0.380. The van der Waals surface area contributed by atoms with E-state index >= 15 is 0 Å². The van der Waals surface area contributed by atoms with Crippen LogP contribution in [0, 0.1) is 19.8 Å². The van der Waals surface area contributed by atoms with Crippen molar-refractivity contribution in [1.29, 1.82) is 0 Å². The van der Waals surface area contributed by atoms with E-state index in [1.165, 1.54) is 41.2 Å². The Morgan fingerprint density at radius 1 is 1.50 bits per heavy atom. The van der Waals surface area contributed by atoms with Gasteiger partial charge in [-0.05, 0) is 64.8 Å². The summed E-state index contributed by atoms with van der Waals surface area (Å²) in [5.41, 5.74) is 1.43. The van der Waals surface area contributed by atoms with Crippen molar-refractivity contribution >= 4 is 11.3 Å². The van der Waals surface area contributed by atoms with Crippen molar-refractivity contribution in [1.82, 2.24) is 10.2 Å². The van der Waals surface area contributed by atoms with Crippen LogP contribution < -0.4 is 5.32 Å². The molecule has 102 valence electrons. The molecule has 2 unspecified atom stereocenters. The van der Waals surface area contributed by atoms with Gasteiger partial charge in [0, 0.05) is 28.9 Å². The van der Waals surface area contributed by atoms with E-state index in [4.69, 9.17) is 0 Å². The molecule has 2 heterocycles. The van der Waals surface area contributed by atoms with Gasteiger partial charge in [0.25, 0.3) is 0 Å². The van der Waals surface area contributed by atoms with Crippen molar-refractivity contribution in [3.05, 3.63) is 21.4 Å². The Morgan fingerprint density at radius 2 is 2.28 bits per heavy atom. The molecule has 1 aliphatic heterocycles. The van der Waals surface area contributed by atoms with Crippen molar-refractivity contribution < 1.29 is 0 Å². The summed E-state index contributed by atoms with van der Waals surface area (Å²) in [6.45, 7) is 10.3. The summed E-state index contributed by atoms with van der Waals surface area (Å²) >= 11 is 1.93. The van der Waals surface area contributed by atoms with E-state index in [1.807, 2.05) is 11.3 Å². The van der Waals surface area contributed by atoms with E-state index in [0.717, 1.165) is 12.5 Å². The molecule has 3 heteroatoms. The molecule has 0 spiro atoms. The zero-order valence-electron chi connectivity index (χ0n) is 12.1. The highest BCUT2D eigenvalue weighted by Crippen LogP contribution is 2.22. The predicted octanol–water partition coefficient (Wildman–Crippen LogP) is 3.18. The average molecular weight is 266 g/mol. The summed E-state index contributed by atoms with van der Waals surface area (Å²) in [5.74, 6) is 0.811. The van der Waals surface area contributed by atoms with Crippen molar-refractivity contribution in [3.8, 4) is 0 Å². The van der Waals surface area contributed by atoms with Gasteiger partial charge in [-0.15, -0.1) is 11.3 Å². The third kappa shape index (κ3) is 3.56. The van der Waals surface area contributed by atoms with Gasteiger partial charge in [0.1, 0.15) is 0 Å². The van der Waals surface area contributed by atoms with Crippen molar-refractivity contribution in [2.24, 2.45) is 5.92 Å². The Labute approximate surface area is 115 Å². The van der Waals surface area contributed by atoms with E-state index in [1.54, 1.807) is 0 Å². The van der Waals surface area contributed by atoms with Gasteiger partial charge in [0.2, 0.25) is 0 Å². The first kappa shape index (κ1) is 14.0. The van der Waals surface area contributed by atoms with E-state index in [2.05, 4.69) is 44.1 Å². The molecule has 0 aromatic carbocycles. The molecule has 1 N–H and O–H groups in total. The minimum atomic E-state index is 0.621. The molecule has 0 saturated carbocycles. The molecule has 1 aromatic heterocycles. The van der Waals surface area contributed by atoms with Crippen LogP contribution >= 0.6 is 11.3 Å². The molecule has 18 heavy (non-hydrogen) atoms. The Bertz CT molecular complexity index is 366. The molecular weight excluding hydrogens is 240 g/mol. The van der Waals surface area contributed by atoms with E-state index < -0.39 is 0 Å². The standard InChI is InChI=1S/C15H26N2S/c1-11-8-15(18-13(11)3)9-16-12(2)14-6-5-7-17(4)10-14/h8,12,14,16H,5-7,9-10H2,1-4H3. The minimum absolute atomic E-state index is 0.621. The predicted molar refractivity (Wildman–Crippen MR) is 80.3 cm³/mol. The van der Waals surface area contributed by atoms with Gasteiger partial charge in [-0.1, -0.05) is 0 Å². The fraction of sp³-hybridized carbons (Fsp3) is 0.733. The quantitative estimate of drug-likeness (QED) is 0.900. The third-order valence-corrected chi connectivity index (χ3v) is 5.34. The largest absolute Gasteiger partial charge is 0.309 e. The zero-order chi connectivity index (χ0) is 13.1. The van der Waals surface area contributed by atoms with Gasteiger partial charge >= 0.3 is 0 Å². The van der Waals surface area contributed by atoms with Gasteiger partial charge in [0.15, 0.2) is 0 Å². The SMILES string of the molecule is Cc1cc(CNC(C)C2CCCN(C)C2)sc1C. The first-order chi connectivity index (χ1) is 8.56. The summed E-state index contributed by atoms with van der Waals surface area (Å²) in [4.78, 5) is 5.39. The number of likely N-dealkylation sites (tertiary alicyclic amines) is 1. The fourth-order valence-corrected chi connectivity index (χ4v) is 3.78. The van der Waals surface area contributed by atoms with Crippen molar-refractivity contribution in [2.75, 3.05) is 20.1 Å². The topological polar surface area (TPSA) is 15.3 Å². The summed E-state index contributed by atoms with van der Waals surface area (Å²) < 4.78 is 0. The second kappa shape index (κ2) is 6.18. The third-order valence-electron chi connectivity index (χ3n) is 4.18. The number of rotatable bonds is 4. The first-order valence-corrected chi connectivity index (χ1v) is 7.85. The Balaban J connectivity index is 1.82. The first-order valence-electron chi connectivity index (χ1n) is 7.04. The van der Waals surface area contributed by atoms with Crippen LogP contribution in [0.4, 0.5) is 0 Å². The van der Waals surface area contributed by atoms with E-state index in [9.17, 15) is 0 Å². The molecule has 0 bridgehead atoms. The van der Waals surface area contributed by atoms with Gasteiger partial charge in [0.05, 0.1) is 0 Å². The molecule has 0 radical (unpaired) electrons. The average Bonchev–Trinajstić information content (AvgIpc) is 2.66. The maximum Gasteiger partial charge on any atom is 0.0302 e. The van der Waals surface area contributed by atoms with Crippen LogP contribution in [0.5, 0.6) is 0 Å². The van der Waals surface area contributed by atoms with Crippen molar-refractivity contribution in [3.63, 3.8) is 0 Å². The molecule has 2 atom stereocenters. The summed E-state index contributed by atoms with van der Waals surface area (Å²) in [6.07, 6.45) is 2.73. The highest BCUT2D eigenvalue weighted by atomic mass is 32.1. The Kier molecular flexibility index (Phi) is 4.82. The normalized spacial score (nSPS) is 23.2. The lowest BCUT2D eigenvalue weighted by atomic mass is 9.92. The molecule has 1 saturated heterocycles. The minimum Gasteiger partial charge on any atom is -0.309 e. The highest BCUT2D eigenvalue weighted by molar-refractivity contribution is 7.12. The van der Waals surface area contributed by atoms with Gasteiger partial charge < -0.3 is 10.2 Å². The van der Waals surface area contributed by atoms with Crippen LogP contribution in [0.3, 0.4) is 0 Å². The van der Waals surface area contributed by atoms with Gasteiger partial charge in [-0.3, -0.25) is 0 Å². The molecule has 2 nitrogen and oxygen atoms in total. The van der Waals surface area contributed by atoms with Gasteiger partial charge in [-0.2, -0.15) is 0 Å². The van der Waals surface area contributed by atoms with Crippen LogP contribution in [0.15, 0.2) is 6.07 Å². The number of aryl methyl sites for hydroxylation is 2. The number of hydrogen-bond acceptors (Lipinski definition) is 3. The lowest BCUT2D eigenvalue weighted by molar-refractivity contribution is 0.178. The van der Waals surface area contributed by atoms with Crippen LogP contribution in [0.25, 0.3) is 0 Å². The fourth-order valence-electron chi connectivity index (χ4n) is 2.78. The lowest BCUT2D eigenvalue weighted by Crippen LogP contribution is -2.42. The molecule has 1 fully saturated rings. The maximum absolute atomic E-state index is 3.71. The second-order valence-corrected chi connectivity index (χ2v) is 7.13. The van der Waals surface area contributed by atoms with Crippen LogP contribution in [0.1, 0.15) is 35.1 Å². The van der Waals surface area contributed by atoms with E-state index in [-0.39, 0.29) is 0 Å². The number of nitrogens with zero attached hydrogens (tertiary/aromatic N) is 1. The number of hydrogen-bond donors (Lipinski definition) is 1. The maximum atomic E-state index is 3.71. The molecule has 0 amide bonds. The second-order valence-electron chi connectivity index (χ2n) is 5.79. The summed E-state index contributed by atoms with van der Waals surface area (Å²) in [5, 5.41) is 3.71. The number of nitrogens with one attached hydrogen (secondary N) is 1. The van der Waals surface area contributed by atoms with E-state index in [0.29, 0.717) is 6.04 Å². The van der Waals surface area contributed by atoms with Crippen LogP contribution in [-0.2, 0) is 6.54 Å². The molecule has 1 aliphatic rings. The van der Waals surface area contributed by atoms with Crippen LogP contribution in [-0.4, -0.2) is 31.1 Å².